The molecule has 19 heavy (non-hydrogen) atoms. The Morgan fingerprint density at radius 1 is 1.11 bits per heavy atom. The molecule has 0 aromatic carbocycles. The first-order valence-electron chi connectivity index (χ1n) is 5.52. The Morgan fingerprint density at radius 2 is 2.05 bits per heavy atom. The van der Waals surface area contributed by atoms with E-state index in [1.54, 1.807) is 18.3 Å². The molecule has 2 N–H and O–H groups in total. The van der Waals surface area contributed by atoms with Crippen LogP contribution in [0.5, 0.6) is 0 Å². The zero-order valence-electron chi connectivity index (χ0n) is 9.70. The molecule has 0 bridgehead atoms. The molecule has 0 atom stereocenters. The first-order valence-corrected chi connectivity index (χ1v) is 6.40. The summed E-state index contributed by atoms with van der Waals surface area (Å²) in [4.78, 5) is 16.6. The third-order valence-electron chi connectivity index (χ3n) is 2.42. The largest absolute Gasteiger partial charge is 0.294 e. The van der Waals surface area contributed by atoms with Crippen molar-refractivity contribution in [2.24, 2.45) is 10.2 Å². The zero-order chi connectivity index (χ0) is 13.1. The van der Waals surface area contributed by atoms with Crippen molar-refractivity contribution in [3.8, 4) is 10.6 Å². The molecule has 0 spiro atoms. The normalized spacial score (nSPS) is 11.2. The van der Waals surface area contributed by atoms with Crippen molar-refractivity contribution < 1.29 is 0 Å². The van der Waals surface area contributed by atoms with E-state index in [4.69, 9.17) is 0 Å². The predicted octanol–water partition coefficient (Wildman–Crippen LogP) is 3.24. The van der Waals surface area contributed by atoms with Crippen molar-refractivity contribution in [3.05, 3.63) is 52.3 Å². The van der Waals surface area contributed by atoms with Crippen molar-refractivity contribution in [2.45, 2.75) is 0 Å². The van der Waals surface area contributed by atoms with Crippen LogP contribution in [0, 0.1) is 0 Å². The van der Waals surface area contributed by atoms with Crippen LogP contribution in [0.3, 0.4) is 0 Å². The van der Waals surface area contributed by atoms with Gasteiger partial charge in [-0.1, -0.05) is 12.1 Å². The molecule has 0 aliphatic carbocycles. The Morgan fingerprint density at radius 3 is 2.79 bits per heavy atom. The SMILES string of the molecule is O=c1[nH][nH]c(-c2cccs2)c1N=Nc1ccccn1. The number of aromatic nitrogens is 3. The summed E-state index contributed by atoms with van der Waals surface area (Å²) in [6.45, 7) is 0. The first-order chi connectivity index (χ1) is 9.34. The third kappa shape index (κ3) is 2.36. The molecule has 0 radical (unpaired) electrons. The summed E-state index contributed by atoms with van der Waals surface area (Å²) < 4.78 is 0. The molecule has 0 saturated carbocycles. The van der Waals surface area contributed by atoms with Crippen molar-refractivity contribution in [1.29, 1.82) is 0 Å². The summed E-state index contributed by atoms with van der Waals surface area (Å²) in [6, 6.07) is 9.13. The second kappa shape index (κ2) is 4.99. The number of nitrogens with one attached hydrogen (secondary N) is 2. The molecule has 0 unspecified atom stereocenters. The highest BCUT2D eigenvalue weighted by molar-refractivity contribution is 7.13. The van der Waals surface area contributed by atoms with Crippen LogP contribution in [-0.2, 0) is 0 Å². The number of azo groups is 1. The average Bonchev–Trinajstić information content (AvgIpc) is 3.07. The summed E-state index contributed by atoms with van der Waals surface area (Å²) in [7, 11) is 0. The second-order valence-corrected chi connectivity index (χ2v) is 4.62. The van der Waals surface area contributed by atoms with E-state index in [-0.39, 0.29) is 11.2 Å². The summed E-state index contributed by atoms with van der Waals surface area (Å²) in [6.07, 6.45) is 1.62. The lowest BCUT2D eigenvalue weighted by molar-refractivity contribution is 1.06. The number of hydrogen-bond donors (Lipinski definition) is 2. The fraction of sp³-hybridized carbons (Fsp3) is 0. The fourth-order valence-electron chi connectivity index (χ4n) is 1.56. The predicted molar refractivity (Wildman–Crippen MR) is 73.1 cm³/mol. The van der Waals surface area contributed by atoms with Gasteiger partial charge in [-0.2, -0.15) is 0 Å². The van der Waals surface area contributed by atoms with Crippen molar-refractivity contribution in [3.63, 3.8) is 0 Å². The summed E-state index contributed by atoms with van der Waals surface area (Å²) in [5.74, 6) is 0.459. The third-order valence-corrected chi connectivity index (χ3v) is 3.31. The summed E-state index contributed by atoms with van der Waals surface area (Å²) >= 11 is 1.52. The Hall–Kier alpha value is -2.54. The monoisotopic (exact) mass is 271 g/mol. The van der Waals surface area contributed by atoms with Crippen molar-refractivity contribution in [2.75, 3.05) is 0 Å². The Balaban J connectivity index is 2.00. The van der Waals surface area contributed by atoms with Crippen LogP contribution in [0.2, 0.25) is 0 Å². The van der Waals surface area contributed by atoms with Crippen molar-refractivity contribution >= 4 is 22.8 Å². The van der Waals surface area contributed by atoms with Gasteiger partial charge in [-0.25, -0.2) is 4.98 Å². The first kappa shape index (κ1) is 11.5. The summed E-state index contributed by atoms with van der Waals surface area (Å²) in [5, 5.41) is 15.2. The van der Waals surface area contributed by atoms with Gasteiger partial charge in [0.2, 0.25) is 0 Å². The van der Waals surface area contributed by atoms with Gasteiger partial charge in [0, 0.05) is 6.20 Å². The smallest absolute Gasteiger partial charge is 0.292 e. The number of hydrogen-bond acceptors (Lipinski definition) is 5. The Labute approximate surface area is 111 Å². The highest BCUT2D eigenvalue weighted by atomic mass is 32.1. The minimum atomic E-state index is -0.303. The zero-order valence-corrected chi connectivity index (χ0v) is 10.5. The van der Waals surface area contributed by atoms with E-state index in [9.17, 15) is 4.79 Å². The highest BCUT2D eigenvalue weighted by Crippen LogP contribution is 2.29. The van der Waals surface area contributed by atoms with Gasteiger partial charge in [0.25, 0.3) is 5.56 Å². The standard InChI is InChI=1S/C12H9N5OS/c18-12-11(16-14-9-5-1-2-6-13-9)10(15-17-12)8-4-3-7-19-8/h1-7H,(H2,15,17,18). The lowest BCUT2D eigenvalue weighted by atomic mass is 10.3. The van der Waals surface area contributed by atoms with Gasteiger partial charge in [0.05, 0.1) is 4.88 Å². The maximum absolute atomic E-state index is 11.7. The number of thiophene rings is 1. The van der Waals surface area contributed by atoms with Crippen LogP contribution in [0.15, 0.2) is 56.9 Å². The van der Waals surface area contributed by atoms with Crippen LogP contribution in [0.1, 0.15) is 0 Å². The van der Waals surface area contributed by atoms with E-state index in [0.29, 0.717) is 11.5 Å². The van der Waals surface area contributed by atoms with Gasteiger partial charge in [0.15, 0.2) is 11.5 Å². The molecular weight excluding hydrogens is 262 g/mol. The quantitative estimate of drug-likeness (QED) is 0.716. The molecule has 6 nitrogen and oxygen atoms in total. The molecule has 0 fully saturated rings. The maximum Gasteiger partial charge on any atom is 0.292 e. The molecule has 0 aliphatic rings. The number of H-pyrrole nitrogens is 2. The van der Waals surface area contributed by atoms with Gasteiger partial charge >= 0.3 is 0 Å². The minimum absolute atomic E-state index is 0.258. The van der Waals surface area contributed by atoms with E-state index in [2.05, 4.69) is 25.4 Å². The second-order valence-electron chi connectivity index (χ2n) is 3.67. The molecule has 0 saturated heterocycles. The fourth-order valence-corrected chi connectivity index (χ4v) is 2.29. The van der Waals surface area contributed by atoms with Crippen LogP contribution in [0.4, 0.5) is 11.5 Å². The van der Waals surface area contributed by atoms with E-state index < -0.39 is 0 Å². The Bertz CT molecular complexity index is 742. The van der Waals surface area contributed by atoms with E-state index in [1.807, 2.05) is 23.6 Å². The van der Waals surface area contributed by atoms with Gasteiger partial charge in [-0.3, -0.25) is 15.0 Å². The number of rotatable bonds is 3. The molecule has 0 amide bonds. The molecular formula is C12H9N5OS. The van der Waals surface area contributed by atoms with Crippen LogP contribution < -0.4 is 5.56 Å². The van der Waals surface area contributed by atoms with Crippen LogP contribution in [-0.4, -0.2) is 15.2 Å². The van der Waals surface area contributed by atoms with Gasteiger partial charge in [-0.05, 0) is 23.6 Å². The molecule has 0 aliphatic heterocycles. The topological polar surface area (TPSA) is 86.3 Å². The molecule has 3 aromatic rings. The van der Waals surface area contributed by atoms with E-state index in [0.717, 1.165) is 4.88 Å². The Kier molecular flexibility index (Phi) is 3.03. The molecule has 3 heterocycles. The number of nitrogens with zero attached hydrogens (tertiary/aromatic N) is 3. The number of pyridine rings is 1. The van der Waals surface area contributed by atoms with Crippen molar-refractivity contribution in [1.82, 2.24) is 15.2 Å². The van der Waals surface area contributed by atoms with Crippen LogP contribution in [0.25, 0.3) is 10.6 Å². The lowest BCUT2D eigenvalue weighted by Crippen LogP contribution is -1.96. The van der Waals surface area contributed by atoms with Crippen LogP contribution >= 0.6 is 11.3 Å². The molecule has 94 valence electrons. The summed E-state index contributed by atoms with van der Waals surface area (Å²) in [5.41, 5.74) is 0.593. The highest BCUT2D eigenvalue weighted by Gasteiger charge is 2.12. The van der Waals surface area contributed by atoms with E-state index in [1.165, 1.54) is 11.3 Å². The lowest BCUT2D eigenvalue weighted by Gasteiger charge is -1.93. The minimum Gasteiger partial charge on any atom is -0.294 e. The average molecular weight is 271 g/mol. The van der Waals surface area contributed by atoms with Gasteiger partial charge in [-0.15, -0.1) is 21.6 Å². The van der Waals surface area contributed by atoms with Gasteiger partial charge in [0.1, 0.15) is 5.69 Å². The molecule has 3 aromatic heterocycles. The molecule has 7 heteroatoms. The van der Waals surface area contributed by atoms with E-state index >= 15 is 0 Å². The maximum atomic E-state index is 11.7. The van der Waals surface area contributed by atoms with Gasteiger partial charge < -0.3 is 0 Å². The molecule has 3 rings (SSSR count). The number of aromatic amines is 2.